The van der Waals surface area contributed by atoms with E-state index in [4.69, 9.17) is 9.47 Å². The molecule has 1 rings (SSSR count). The van der Waals surface area contributed by atoms with E-state index in [1.165, 1.54) is 6.42 Å². The van der Waals surface area contributed by atoms with Gasteiger partial charge in [0.2, 0.25) is 0 Å². The first-order valence-corrected chi connectivity index (χ1v) is 8.06. The maximum Gasteiger partial charge on any atom is 0.179 e. The zero-order valence-corrected chi connectivity index (χ0v) is 13.8. The van der Waals surface area contributed by atoms with Crippen LogP contribution in [0.2, 0.25) is 0 Å². The molecule has 4 nitrogen and oxygen atoms in total. The Morgan fingerprint density at radius 1 is 1.16 bits per heavy atom. The van der Waals surface area contributed by atoms with Gasteiger partial charge in [-0.25, -0.2) is 0 Å². The Morgan fingerprint density at radius 3 is 2.11 bits per heavy atom. The third-order valence-electron chi connectivity index (χ3n) is 3.11. The lowest BCUT2D eigenvalue weighted by atomic mass is 9.87. The number of rotatable bonds is 7. The van der Waals surface area contributed by atoms with Crippen LogP contribution in [0.15, 0.2) is 12.2 Å². The molecule has 1 aliphatic carbocycles. The lowest BCUT2D eigenvalue weighted by molar-refractivity contribution is -0.252. The van der Waals surface area contributed by atoms with Crippen molar-refractivity contribution in [2.75, 3.05) is 19.8 Å². The van der Waals surface area contributed by atoms with Crippen molar-refractivity contribution >= 4 is 8.69 Å². The summed E-state index contributed by atoms with van der Waals surface area (Å²) in [6.07, 6.45) is 7.89. The number of allylic oxidation sites excluding steroid dienone is 2. The van der Waals surface area contributed by atoms with E-state index in [-0.39, 0.29) is 5.79 Å². The molecule has 2 unspecified atom stereocenters. The Labute approximate surface area is 118 Å². The van der Waals surface area contributed by atoms with E-state index in [2.05, 4.69) is 23.6 Å². The second-order valence-corrected chi connectivity index (χ2v) is 4.94. The van der Waals surface area contributed by atoms with Gasteiger partial charge in [0.1, 0.15) is 0 Å². The molecule has 19 heavy (non-hydrogen) atoms. The molecule has 0 aromatic heterocycles. The van der Waals surface area contributed by atoms with Gasteiger partial charge in [-0.1, -0.05) is 12.2 Å². The summed E-state index contributed by atoms with van der Waals surface area (Å²) < 4.78 is 25.3. The van der Waals surface area contributed by atoms with E-state index >= 15 is 0 Å². The molecule has 0 spiro atoms. The third-order valence-corrected chi connectivity index (χ3v) is 3.58. The quantitative estimate of drug-likeness (QED) is 0.406. The Bertz CT molecular complexity index is 250. The molecule has 0 saturated carbocycles. The molecule has 0 aromatic rings. The van der Waals surface area contributed by atoms with Gasteiger partial charge >= 0.3 is 0 Å². The topological polar surface area (TPSA) is 44.8 Å². The van der Waals surface area contributed by atoms with Gasteiger partial charge in [-0.15, -0.1) is 0 Å². The fourth-order valence-electron chi connectivity index (χ4n) is 2.19. The molecule has 0 amide bonds. The average molecular weight is 292 g/mol. The molecule has 0 aliphatic heterocycles. The van der Waals surface area contributed by atoms with Crippen LogP contribution in [0, 0.1) is 5.92 Å². The van der Waals surface area contributed by atoms with E-state index in [0.29, 0.717) is 12.5 Å². The lowest BCUT2D eigenvalue weighted by Crippen LogP contribution is -2.41. The van der Waals surface area contributed by atoms with Crippen molar-refractivity contribution in [1.29, 1.82) is 0 Å². The summed E-state index contributed by atoms with van der Waals surface area (Å²) >= 11 is 0. The van der Waals surface area contributed by atoms with Crippen LogP contribution in [-0.2, 0) is 18.6 Å². The number of hydrogen-bond acceptors (Lipinski definition) is 4. The van der Waals surface area contributed by atoms with Crippen LogP contribution in [0.1, 0.15) is 47.0 Å². The maximum atomic E-state index is 9.39. The summed E-state index contributed by atoms with van der Waals surface area (Å²) in [6.45, 7) is 9.94. The standard InChI is InChI=1S/C12H22O2.C2H7O2P/c1-4-13-12(3,14-5-2)11-9-7-6-8-10-11;1-2-4-5-3/h6-7,11H,4-5,8-10H2,1-3H3;2,5H2,1H3. The predicted octanol–water partition coefficient (Wildman–Crippen LogP) is 3.83. The van der Waals surface area contributed by atoms with Crippen molar-refractivity contribution in [3.63, 3.8) is 0 Å². The molecule has 2 atom stereocenters. The highest BCUT2D eigenvalue weighted by molar-refractivity contribution is 7.17. The molecule has 5 heteroatoms. The molecular formula is C14H29O4P. The van der Waals surface area contributed by atoms with Gasteiger partial charge in [-0.3, -0.25) is 4.57 Å². The molecule has 0 aromatic carbocycles. The van der Waals surface area contributed by atoms with Crippen LogP contribution in [0.5, 0.6) is 0 Å². The summed E-state index contributed by atoms with van der Waals surface area (Å²) in [4.78, 5) is 0. The van der Waals surface area contributed by atoms with Gasteiger partial charge < -0.3 is 14.0 Å². The highest BCUT2D eigenvalue weighted by Crippen LogP contribution is 2.33. The summed E-state index contributed by atoms with van der Waals surface area (Å²) in [6, 6.07) is 0. The van der Waals surface area contributed by atoms with Crippen LogP contribution in [0.25, 0.3) is 0 Å². The first kappa shape index (κ1) is 18.9. The van der Waals surface area contributed by atoms with Crippen molar-refractivity contribution in [3.05, 3.63) is 12.2 Å². The minimum Gasteiger partial charge on any atom is -0.350 e. The molecule has 0 radical (unpaired) electrons. The largest absolute Gasteiger partial charge is 0.350 e. The second-order valence-electron chi connectivity index (χ2n) is 4.41. The zero-order valence-electron chi connectivity index (χ0n) is 12.7. The normalized spacial score (nSPS) is 19.5. The van der Waals surface area contributed by atoms with Crippen LogP contribution in [0.3, 0.4) is 0 Å². The smallest absolute Gasteiger partial charge is 0.179 e. The lowest BCUT2D eigenvalue weighted by Gasteiger charge is -2.37. The molecule has 0 N–H and O–H groups in total. The fourth-order valence-corrected chi connectivity index (χ4v) is 2.32. The van der Waals surface area contributed by atoms with Crippen LogP contribution < -0.4 is 0 Å². The number of ether oxygens (including phenoxy) is 2. The second kappa shape index (κ2) is 11.7. The average Bonchev–Trinajstić information content (AvgIpc) is 2.42. The van der Waals surface area contributed by atoms with Crippen molar-refractivity contribution < 1.29 is 18.6 Å². The fraction of sp³-hybridized carbons (Fsp3) is 0.857. The summed E-state index contributed by atoms with van der Waals surface area (Å²) in [5.41, 5.74) is 0. The molecule has 0 heterocycles. The first-order chi connectivity index (χ1) is 9.14. The monoisotopic (exact) mass is 292 g/mol. The SMILES string of the molecule is CCOC(C)(OCC)C1CC=CCC1.CCO[PH2]=O. The molecule has 0 fully saturated rings. The summed E-state index contributed by atoms with van der Waals surface area (Å²) in [5.74, 6) is 0.126. The molecule has 0 saturated heterocycles. The van der Waals surface area contributed by atoms with E-state index in [1.807, 2.05) is 20.8 Å². The Hall–Kier alpha value is -0.150. The Balaban J connectivity index is 0.000000555. The van der Waals surface area contributed by atoms with Crippen LogP contribution in [-0.4, -0.2) is 25.6 Å². The molecule has 114 valence electrons. The summed E-state index contributed by atoms with van der Waals surface area (Å²) in [7, 11) is -0.964. The van der Waals surface area contributed by atoms with E-state index < -0.39 is 8.69 Å². The van der Waals surface area contributed by atoms with Crippen molar-refractivity contribution in [2.45, 2.75) is 52.7 Å². The molecular weight excluding hydrogens is 263 g/mol. The van der Waals surface area contributed by atoms with Gasteiger partial charge in [0.25, 0.3) is 0 Å². The minimum atomic E-state index is -0.964. The number of hydrogen-bond donors (Lipinski definition) is 0. The van der Waals surface area contributed by atoms with Crippen molar-refractivity contribution in [2.24, 2.45) is 5.92 Å². The van der Waals surface area contributed by atoms with Crippen molar-refractivity contribution in [3.8, 4) is 0 Å². The molecule has 1 aliphatic rings. The molecule has 0 bridgehead atoms. The van der Waals surface area contributed by atoms with Gasteiger partial charge in [-0.2, -0.15) is 0 Å². The maximum absolute atomic E-state index is 9.39. The Morgan fingerprint density at radius 2 is 1.79 bits per heavy atom. The first-order valence-electron chi connectivity index (χ1n) is 7.12. The third kappa shape index (κ3) is 7.88. The van der Waals surface area contributed by atoms with E-state index in [9.17, 15) is 4.57 Å². The van der Waals surface area contributed by atoms with Gasteiger partial charge in [0.15, 0.2) is 14.5 Å². The Kier molecular flexibility index (Phi) is 11.6. The van der Waals surface area contributed by atoms with Gasteiger partial charge in [0.05, 0.1) is 6.61 Å². The minimum absolute atomic E-state index is 0.381. The van der Waals surface area contributed by atoms with Gasteiger partial charge in [-0.05, 0) is 47.0 Å². The van der Waals surface area contributed by atoms with E-state index in [1.54, 1.807) is 0 Å². The summed E-state index contributed by atoms with van der Waals surface area (Å²) in [5, 5.41) is 0. The highest BCUT2D eigenvalue weighted by Gasteiger charge is 2.35. The highest BCUT2D eigenvalue weighted by atomic mass is 31.1. The van der Waals surface area contributed by atoms with E-state index in [0.717, 1.165) is 26.1 Å². The van der Waals surface area contributed by atoms with Crippen LogP contribution >= 0.6 is 8.69 Å². The zero-order chi connectivity index (χ0) is 14.6. The van der Waals surface area contributed by atoms with Crippen molar-refractivity contribution in [1.82, 2.24) is 0 Å². The van der Waals surface area contributed by atoms with Crippen LogP contribution in [0.4, 0.5) is 0 Å². The van der Waals surface area contributed by atoms with Gasteiger partial charge in [0, 0.05) is 19.1 Å². The predicted molar refractivity (Wildman–Crippen MR) is 80.2 cm³/mol.